The van der Waals surface area contributed by atoms with Crippen molar-refractivity contribution in [3.63, 3.8) is 0 Å². The topological polar surface area (TPSA) is 57.5 Å². The molecule has 1 saturated carbocycles. The summed E-state index contributed by atoms with van der Waals surface area (Å²) in [6.45, 7) is 5.77. The molecule has 0 N–H and O–H groups in total. The molecular weight excluding hydrogens is 324 g/mol. The van der Waals surface area contributed by atoms with Crippen molar-refractivity contribution in [1.29, 1.82) is 0 Å². The summed E-state index contributed by atoms with van der Waals surface area (Å²) in [5.41, 5.74) is 0. The molecule has 3 aliphatic rings. The summed E-state index contributed by atoms with van der Waals surface area (Å²) < 4.78 is 2.28. The van der Waals surface area contributed by atoms with Crippen molar-refractivity contribution < 1.29 is 4.79 Å². The van der Waals surface area contributed by atoms with E-state index in [4.69, 9.17) is 0 Å². The molecular formula is C16H26N6OS. The third-order valence-electron chi connectivity index (χ3n) is 5.13. The van der Waals surface area contributed by atoms with Gasteiger partial charge in [0, 0.05) is 45.3 Å². The first-order valence-electron chi connectivity index (χ1n) is 9.01. The SMILES string of the molecule is CN1CCN(C(=O)CSc2nnc(N3CCCC3)n2C2CC2)CC1. The molecule has 0 radical (unpaired) electrons. The quantitative estimate of drug-likeness (QED) is 0.741. The van der Waals surface area contributed by atoms with Gasteiger partial charge in [-0.05, 0) is 32.7 Å². The molecule has 7 nitrogen and oxygen atoms in total. The highest BCUT2D eigenvalue weighted by Gasteiger charge is 2.32. The van der Waals surface area contributed by atoms with E-state index in [1.807, 2.05) is 4.90 Å². The predicted octanol–water partition coefficient (Wildman–Crippen LogP) is 1.08. The van der Waals surface area contributed by atoms with Gasteiger partial charge >= 0.3 is 0 Å². The van der Waals surface area contributed by atoms with Crippen LogP contribution in [0.25, 0.3) is 0 Å². The van der Waals surface area contributed by atoms with Gasteiger partial charge in [-0.15, -0.1) is 10.2 Å². The lowest BCUT2D eigenvalue weighted by Gasteiger charge is -2.32. The summed E-state index contributed by atoms with van der Waals surface area (Å²) in [4.78, 5) is 19.0. The first-order valence-corrected chi connectivity index (χ1v) is 10.00. The van der Waals surface area contributed by atoms with Crippen LogP contribution in [0.2, 0.25) is 0 Å². The summed E-state index contributed by atoms with van der Waals surface area (Å²) in [7, 11) is 2.11. The smallest absolute Gasteiger partial charge is 0.233 e. The van der Waals surface area contributed by atoms with Crippen LogP contribution >= 0.6 is 11.8 Å². The van der Waals surface area contributed by atoms with Crippen LogP contribution < -0.4 is 4.90 Å². The van der Waals surface area contributed by atoms with Crippen LogP contribution in [-0.2, 0) is 4.79 Å². The summed E-state index contributed by atoms with van der Waals surface area (Å²) in [5.74, 6) is 1.71. The fourth-order valence-electron chi connectivity index (χ4n) is 3.43. The molecule has 0 aromatic carbocycles. The van der Waals surface area contributed by atoms with Gasteiger partial charge in [-0.2, -0.15) is 0 Å². The Kier molecular flexibility index (Phi) is 4.67. The van der Waals surface area contributed by atoms with Gasteiger partial charge in [0.25, 0.3) is 0 Å². The second-order valence-electron chi connectivity index (χ2n) is 7.05. The fraction of sp³-hybridized carbons (Fsp3) is 0.812. The minimum atomic E-state index is 0.223. The Morgan fingerprint density at radius 2 is 1.79 bits per heavy atom. The summed E-state index contributed by atoms with van der Waals surface area (Å²) in [5, 5.41) is 9.77. The number of thioether (sulfide) groups is 1. The van der Waals surface area contributed by atoms with Gasteiger partial charge in [-0.3, -0.25) is 9.36 Å². The highest BCUT2D eigenvalue weighted by molar-refractivity contribution is 7.99. The zero-order chi connectivity index (χ0) is 16.5. The molecule has 1 aromatic heterocycles. The zero-order valence-corrected chi connectivity index (χ0v) is 15.2. The van der Waals surface area contributed by atoms with Gasteiger partial charge in [0.1, 0.15) is 0 Å². The van der Waals surface area contributed by atoms with Crippen molar-refractivity contribution >= 4 is 23.6 Å². The normalized spacial score (nSPS) is 22.4. The maximum Gasteiger partial charge on any atom is 0.233 e. The molecule has 1 aliphatic carbocycles. The van der Waals surface area contributed by atoms with Gasteiger partial charge in [0.15, 0.2) is 5.16 Å². The molecule has 0 spiro atoms. The van der Waals surface area contributed by atoms with Crippen molar-refractivity contribution in [2.75, 3.05) is 57.0 Å². The van der Waals surface area contributed by atoms with Crippen LogP contribution in [0.3, 0.4) is 0 Å². The van der Waals surface area contributed by atoms with E-state index >= 15 is 0 Å². The fourth-order valence-corrected chi connectivity index (χ4v) is 4.33. The van der Waals surface area contributed by atoms with E-state index in [1.54, 1.807) is 11.8 Å². The number of rotatable bonds is 5. The number of anilines is 1. The summed E-state index contributed by atoms with van der Waals surface area (Å²) in [6.07, 6.45) is 4.89. The number of amides is 1. The van der Waals surface area contributed by atoms with Crippen LogP contribution in [0.5, 0.6) is 0 Å². The first-order chi connectivity index (χ1) is 11.7. The lowest BCUT2D eigenvalue weighted by atomic mass is 10.3. The molecule has 3 fully saturated rings. The maximum atomic E-state index is 12.5. The lowest BCUT2D eigenvalue weighted by Crippen LogP contribution is -2.47. The molecule has 3 heterocycles. The van der Waals surface area contributed by atoms with Gasteiger partial charge in [-0.25, -0.2) is 0 Å². The Bertz CT molecular complexity index is 587. The monoisotopic (exact) mass is 350 g/mol. The Labute approximate surface area is 147 Å². The number of carbonyl (C=O) groups excluding carboxylic acids is 1. The van der Waals surface area contributed by atoms with Gasteiger partial charge in [-0.1, -0.05) is 11.8 Å². The molecule has 0 bridgehead atoms. The summed E-state index contributed by atoms with van der Waals surface area (Å²) >= 11 is 1.56. The number of piperazine rings is 1. The van der Waals surface area contributed by atoms with Crippen LogP contribution in [0.4, 0.5) is 5.95 Å². The maximum absolute atomic E-state index is 12.5. The van der Waals surface area contributed by atoms with E-state index in [0.717, 1.165) is 50.4 Å². The van der Waals surface area contributed by atoms with Crippen LogP contribution in [-0.4, -0.2) is 82.5 Å². The van der Waals surface area contributed by atoms with Gasteiger partial charge in [0.05, 0.1) is 5.75 Å². The molecule has 1 aromatic rings. The highest BCUT2D eigenvalue weighted by atomic mass is 32.2. The molecule has 4 rings (SSSR count). The van der Waals surface area contributed by atoms with E-state index in [2.05, 4.69) is 31.6 Å². The number of hydrogen-bond acceptors (Lipinski definition) is 6. The zero-order valence-electron chi connectivity index (χ0n) is 14.4. The van der Waals surface area contributed by atoms with E-state index < -0.39 is 0 Å². The third-order valence-corrected chi connectivity index (χ3v) is 6.06. The van der Waals surface area contributed by atoms with E-state index in [9.17, 15) is 4.79 Å². The Hall–Kier alpha value is -1.28. The number of nitrogens with zero attached hydrogens (tertiary/aromatic N) is 6. The summed E-state index contributed by atoms with van der Waals surface area (Å²) in [6, 6.07) is 0.539. The van der Waals surface area contributed by atoms with E-state index in [0.29, 0.717) is 11.8 Å². The number of carbonyl (C=O) groups is 1. The number of aromatic nitrogens is 3. The van der Waals surface area contributed by atoms with Crippen molar-refractivity contribution in [1.82, 2.24) is 24.6 Å². The highest BCUT2D eigenvalue weighted by Crippen LogP contribution is 2.41. The largest absolute Gasteiger partial charge is 0.341 e. The number of likely N-dealkylation sites (N-methyl/N-ethyl adjacent to an activating group) is 1. The lowest BCUT2D eigenvalue weighted by molar-refractivity contribution is -0.129. The van der Waals surface area contributed by atoms with Crippen LogP contribution in [0.15, 0.2) is 5.16 Å². The minimum Gasteiger partial charge on any atom is -0.341 e. The standard InChI is InChI=1S/C16H26N6OS/c1-19-8-10-20(11-9-19)14(23)12-24-16-18-17-15(21-6-2-3-7-21)22(16)13-4-5-13/h13H,2-12H2,1H3. The minimum absolute atomic E-state index is 0.223. The Morgan fingerprint density at radius 1 is 1.08 bits per heavy atom. The Morgan fingerprint density at radius 3 is 2.46 bits per heavy atom. The van der Waals surface area contributed by atoms with Crippen LogP contribution in [0.1, 0.15) is 31.7 Å². The molecule has 0 unspecified atom stereocenters. The molecule has 132 valence electrons. The van der Waals surface area contributed by atoms with Crippen molar-refractivity contribution in [2.24, 2.45) is 0 Å². The van der Waals surface area contributed by atoms with Gasteiger partial charge < -0.3 is 14.7 Å². The molecule has 1 amide bonds. The average molecular weight is 350 g/mol. The molecule has 2 aliphatic heterocycles. The predicted molar refractivity (Wildman–Crippen MR) is 94.5 cm³/mol. The average Bonchev–Trinajstić information content (AvgIpc) is 3.11. The second-order valence-corrected chi connectivity index (χ2v) is 7.99. The third kappa shape index (κ3) is 3.39. The first kappa shape index (κ1) is 16.2. The van der Waals surface area contributed by atoms with E-state index in [-0.39, 0.29) is 5.91 Å². The molecule has 0 atom stereocenters. The van der Waals surface area contributed by atoms with Crippen molar-refractivity contribution in [2.45, 2.75) is 36.9 Å². The van der Waals surface area contributed by atoms with E-state index in [1.165, 1.54) is 25.7 Å². The van der Waals surface area contributed by atoms with Crippen molar-refractivity contribution in [3.05, 3.63) is 0 Å². The van der Waals surface area contributed by atoms with Gasteiger partial charge in [0.2, 0.25) is 11.9 Å². The Balaban J connectivity index is 1.40. The van der Waals surface area contributed by atoms with Crippen LogP contribution in [0, 0.1) is 0 Å². The number of hydrogen-bond donors (Lipinski definition) is 0. The molecule has 2 saturated heterocycles. The second kappa shape index (κ2) is 6.92. The molecule has 24 heavy (non-hydrogen) atoms. The molecule has 8 heteroatoms. The van der Waals surface area contributed by atoms with Crippen molar-refractivity contribution in [3.8, 4) is 0 Å².